The lowest BCUT2D eigenvalue weighted by Gasteiger charge is -2.09. The molecule has 9 heteroatoms. The van der Waals surface area contributed by atoms with E-state index in [0.717, 1.165) is 13.0 Å². The van der Waals surface area contributed by atoms with Crippen LogP contribution in [0.3, 0.4) is 0 Å². The van der Waals surface area contributed by atoms with Gasteiger partial charge < -0.3 is 15.2 Å². The van der Waals surface area contributed by atoms with Crippen molar-refractivity contribution in [3.63, 3.8) is 0 Å². The van der Waals surface area contributed by atoms with Crippen LogP contribution in [0.1, 0.15) is 6.42 Å². The van der Waals surface area contributed by atoms with Crippen LogP contribution >= 0.6 is 0 Å². The Morgan fingerprint density at radius 2 is 2.14 bits per heavy atom. The van der Waals surface area contributed by atoms with Crippen LogP contribution in [0.2, 0.25) is 0 Å². The number of aryl methyl sites for hydroxylation is 1. The highest BCUT2D eigenvalue weighted by molar-refractivity contribution is 5.69. The van der Waals surface area contributed by atoms with Crippen LogP contribution < -0.4 is 10.6 Å². The number of hydrogen-bond acceptors (Lipinski definition) is 7. The molecule has 0 bridgehead atoms. The molecule has 2 aromatic rings. The molecule has 0 amide bonds. The maximum Gasteiger partial charge on any atom is 0.353 e. The zero-order chi connectivity index (χ0) is 15.8. The van der Waals surface area contributed by atoms with E-state index < -0.39 is 4.92 Å². The molecule has 9 nitrogen and oxygen atoms in total. The maximum absolute atomic E-state index is 11.2. The number of anilines is 2. The summed E-state index contributed by atoms with van der Waals surface area (Å²) in [5.74, 6) is 0.384. The van der Waals surface area contributed by atoms with Crippen LogP contribution in [-0.4, -0.2) is 37.5 Å². The number of rotatable bonds is 9. The third-order valence-electron chi connectivity index (χ3n) is 2.86. The average molecular weight is 303 g/mol. The SMILES string of the molecule is C=CCNc1ncnc(NCCCn2ccnc2)c1[N+](=O)[O-]. The Labute approximate surface area is 127 Å². The quantitative estimate of drug-likeness (QED) is 0.314. The third-order valence-corrected chi connectivity index (χ3v) is 2.86. The Bertz CT molecular complexity index is 627. The van der Waals surface area contributed by atoms with Crippen molar-refractivity contribution in [2.75, 3.05) is 23.7 Å². The summed E-state index contributed by atoms with van der Waals surface area (Å²) in [6, 6.07) is 0. The molecule has 0 unspecified atom stereocenters. The van der Waals surface area contributed by atoms with Crippen LogP contribution in [-0.2, 0) is 6.54 Å². The Balaban J connectivity index is 1.99. The van der Waals surface area contributed by atoms with E-state index in [0.29, 0.717) is 13.1 Å². The van der Waals surface area contributed by atoms with Gasteiger partial charge in [0.05, 0.1) is 11.3 Å². The van der Waals surface area contributed by atoms with Crippen LogP contribution in [0.15, 0.2) is 37.7 Å². The van der Waals surface area contributed by atoms with Crippen molar-refractivity contribution in [1.82, 2.24) is 19.5 Å². The topological polar surface area (TPSA) is 111 Å². The summed E-state index contributed by atoms with van der Waals surface area (Å²) >= 11 is 0. The summed E-state index contributed by atoms with van der Waals surface area (Å²) in [7, 11) is 0. The minimum Gasteiger partial charge on any atom is -0.364 e. The summed E-state index contributed by atoms with van der Waals surface area (Å²) < 4.78 is 1.94. The number of imidazole rings is 1. The van der Waals surface area contributed by atoms with Crippen LogP contribution in [0.25, 0.3) is 0 Å². The van der Waals surface area contributed by atoms with E-state index in [1.807, 2.05) is 10.8 Å². The molecule has 22 heavy (non-hydrogen) atoms. The molecule has 0 spiro atoms. The zero-order valence-corrected chi connectivity index (χ0v) is 12.0. The van der Waals surface area contributed by atoms with E-state index in [1.54, 1.807) is 18.6 Å². The van der Waals surface area contributed by atoms with Crippen molar-refractivity contribution in [2.24, 2.45) is 0 Å². The first-order chi connectivity index (χ1) is 10.7. The van der Waals surface area contributed by atoms with Crippen molar-refractivity contribution in [2.45, 2.75) is 13.0 Å². The molecule has 2 rings (SSSR count). The molecule has 0 aliphatic heterocycles. The fourth-order valence-corrected chi connectivity index (χ4v) is 1.87. The van der Waals surface area contributed by atoms with Gasteiger partial charge in [-0.15, -0.1) is 6.58 Å². The molecule has 0 radical (unpaired) electrons. The Hall–Kier alpha value is -2.97. The number of hydrogen-bond donors (Lipinski definition) is 2. The first kappa shape index (κ1) is 15.4. The minimum atomic E-state index is -0.496. The van der Waals surface area contributed by atoms with Gasteiger partial charge in [-0.25, -0.2) is 15.0 Å². The minimum absolute atomic E-state index is 0.160. The fourth-order valence-electron chi connectivity index (χ4n) is 1.87. The molecule has 0 saturated carbocycles. The second-order valence-corrected chi connectivity index (χ2v) is 4.43. The second kappa shape index (κ2) is 7.72. The molecule has 2 N–H and O–H groups in total. The molecule has 2 aromatic heterocycles. The first-order valence-electron chi connectivity index (χ1n) is 6.76. The van der Waals surface area contributed by atoms with Gasteiger partial charge in [0.1, 0.15) is 6.33 Å². The highest BCUT2D eigenvalue weighted by atomic mass is 16.6. The molecular weight excluding hydrogens is 286 g/mol. The normalized spacial score (nSPS) is 10.2. The largest absolute Gasteiger partial charge is 0.364 e. The van der Waals surface area contributed by atoms with Crippen molar-refractivity contribution in [1.29, 1.82) is 0 Å². The summed E-state index contributed by atoms with van der Waals surface area (Å²) in [6.07, 6.45) is 8.97. The number of nitrogens with one attached hydrogen (secondary N) is 2. The number of aromatic nitrogens is 4. The Morgan fingerprint density at radius 1 is 1.36 bits per heavy atom. The molecule has 0 aliphatic rings. The Kier molecular flexibility index (Phi) is 5.41. The number of nitrogens with zero attached hydrogens (tertiary/aromatic N) is 5. The van der Waals surface area contributed by atoms with Gasteiger partial charge in [-0.2, -0.15) is 0 Å². The van der Waals surface area contributed by atoms with Gasteiger partial charge >= 0.3 is 5.69 Å². The molecular formula is C13H17N7O2. The molecule has 2 heterocycles. The third kappa shape index (κ3) is 4.01. The van der Waals surface area contributed by atoms with Gasteiger partial charge in [0, 0.05) is 32.0 Å². The van der Waals surface area contributed by atoms with E-state index in [9.17, 15) is 10.1 Å². The zero-order valence-electron chi connectivity index (χ0n) is 12.0. The molecule has 0 fully saturated rings. The van der Waals surface area contributed by atoms with Crippen LogP contribution in [0.5, 0.6) is 0 Å². The average Bonchev–Trinajstić information content (AvgIpc) is 3.02. The van der Waals surface area contributed by atoms with Gasteiger partial charge in [-0.3, -0.25) is 10.1 Å². The lowest BCUT2D eigenvalue weighted by atomic mass is 10.3. The van der Waals surface area contributed by atoms with Crippen molar-refractivity contribution < 1.29 is 4.92 Å². The summed E-state index contributed by atoms with van der Waals surface area (Å²) in [5, 5.41) is 17.0. The summed E-state index contributed by atoms with van der Waals surface area (Å²) in [6.45, 7) is 5.27. The van der Waals surface area contributed by atoms with E-state index in [4.69, 9.17) is 0 Å². The predicted molar refractivity (Wildman–Crippen MR) is 82.7 cm³/mol. The maximum atomic E-state index is 11.2. The highest BCUT2D eigenvalue weighted by Crippen LogP contribution is 2.28. The lowest BCUT2D eigenvalue weighted by Crippen LogP contribution is -2.11. The fraction of sp³-hybridized carbons (Fsp3) is 0.308. The number of nitro groups is 1. The standard InChI is InChI=1S/C13H17N7O2/c1-2-4-15-12-11(20(21)22)13(18-9-17-12)16-5-3-7-19-8-6-14-10-19/h2,6,8-10H,1,3-5,7H2,(H2,15,16,17,18). The highest BCUT2D eigenvalue weighted by Gasteiger charge is 2.22. The molecule has 0 saturated heterocycles. The van der Waals surface area contributed by atoms with Crippen LogP contribution in [0, 0.1) is 10.1 Å². The van der Waals surface area contributed by atoms with Gasteiger partial charge in [0.25, 0.3) is 0 Å². The van der Waals surface area contributed by atoms with Gasteiger partial charge in [-0.1, -0.05) is 6.08 Å². The second-order valence-electron chi connectivity index (χ2n) is 4.43. The molecule has 116 valence electrons. The lowest BCUT2D eigenvalue weighted by molar-refractivity contribution is -0.383. The molecule has 0 atom stereocenters. The van der Waals surface area contributed by atoms with E-state index in [2.05, 4.69) is 32.2 Å². The molecule has 0 aliphatic carbocycles. The van der Waals surface area contributed by atoms with Gasteiger partial charge in [0.15, 0.2) is 0 Å². The monoisotopic (exact) mass is 303 g/mol. The smallest absolute Gasteiger partial charge is 0.353 e. The van der Waals surface area contributed by atoms with E-state index >= 15 is 0 Å². The van der Waals surface area contributed by atoms with Crippen molar-refractivity contribution in [3.05, 3.63) is 47.8 Å². The van der Waals surface area contributed by atoms with Crippen molar-refractivity contribution >= 4 is 17.3 Å². The summed E-state index contributed by atoms with van der Waals surface area (Å²) in [5.41, 5.74) is -0.160. The van der Waals surface area contributed by atoms with E-state index in [-0.39, 0.29) is 17.3 Å². The van der Waals surface area contributed by atoms with Crippen molar-refractivity contribution in [3.8, 4) is 0 Å². The Morgan fingerprint density at radius 3 is 2.77 bits per heavy atom. The van der Waals surface area contributed by atoms with Gasteiger partial charge in [0.2, 0.25) is 11.6 Å². The predicted octanol–water partition coefficient (Wildman–Crippen LogP) is 1.68. The first-order valence-corrected chi connectivity index (χ1v) is 6.76. The molecule has 0 aromatic carbocycles. The van der Waals surface area contributed by atoms with E-state index in [1.165, 1.54) is 6.33 Å². The van der Waals surface area contributed by atoms with Gasteiger partial charge in [-0.05, 0) is 6.42 Å². The summed E-state index contributed by atoms with van der Waals surface area (Å²) in [4.78, 5) is 22.5. The van der Waals surface area contributed by atoms with Crippen LogP contribution in [0.4, 0.5) is 17.3 Å².